The fraction of sp³-hybridized carbons (Fsp3) is 0.440. The highest BCUT2D eigenvalue weighted by Crippen LogP contribution is 2.33. The number of aromatic amines is 1. The van der Waals surface area contributed by atoms with Crippen molar-refractivity contribution in [1.29, 1.82) is 0 Å². The summed E-state index contributed by atoms with van der Waals surface area (Å²) in [4.78, 5) is 6.77. The first-order valence-corrected chi connectivity index (χ1v) is 12.0. The van der Waals surface area contributed by atoms with Crippen LogP contribution in [0.4, 0.5) is 0 Å². The predicted octanol–water partition coefficient (Wildman–Crippen LogP) is 2.72. The molecule has 4 rings (SSSR count). The Hall–Kier alpha value is -3.70. The van der Waals surface area contributed by atoms with Gasteiger partial charge < -0.3 is 14.6 Å². The maximum Gasteiger partial charge on any atom is 0.236 e. The number of rotatable bonds is 12. The lowest BCUT2D eigenvalue weighted by atomic mass is 10.1. The van der Waals surface area contributed by atoms with Gasteiger partial charge in [-0.05, 0) is 40.0 Å². The molecular weight excluding hydrogens is 460 g/mol. The van der Waals surface area contributed by atoms with E-state index in [1.165, 1.54) is 0 Å². The number of hydrogen-bond donors (Lipinski definition) is 2. The second-order valence-electron chi connectivity index (χ2n) is 8.66. The van der Waals surface area contributed by atoms with Crippen LogP contribution in [0.5, 0.6) is 11.6 Å². The Morgan fingerprint density at radius 3 is 2.78 bits per heavy atom. The Labute approximate surface area is 210 Å². The molecule has 0 bridgehead atoms. The minimum absolute atomic E-state index is 0.0164. The van der Waals surface area contributed by atoms with Crippen LogP contribution in [0.25, 0.3) is 28.4 Å². The van der Waals surface area contributed by atoms with Gasteiger partial charge in [0.05, 0.1) is 48.6 Å². The molecule has 0 atom stereocenters. The third kappa shape index (κ3) is 4.98. The molecule has 0 aromatic carbocycles. The van der Waals surface area contributed by atoms with Crippen LogP contribution in [0.15, 0.2) is 18.8 Å². The van der Waals surface area contributed by atoms with Crippen molar-refractivity contribution in [3.63, 3.8) is 0 Å². The van der Waals surface area contributed by atoms with Crippen LogP contribution >= 0.6 is 0 Å². The number of aliphatic hydroxyl groups excluding tert-OH is 1. The van der Waals surface area contributed by atoms with E-state index in [-0.39, 0.29) is 6.61 Å². The number of fused-ring (bicyclic) bond motifs is 1. The van der Waals surface area contributed by atoms with Crippen LogP contribution in [0.1, 0.15) is 29.6 Å². The standard InChI is InChI=1S/C25H34N8O3/c1-7-19-18-13-20(26-14-21(18)28-27-19)23-24(17(4)29-32(23)6)36-12-10-31(5)15-22-16(3)25(35-8-2)30-33(22)9-11-34/h7,13-14,34H,1,8-12,15H2,2-6H3,(H,27,28). The highest BCUT2D eigenvalue weighted by molar-refractivity contribution is 5.88. The molecule has 0 fully saturated rings. The summed E-state index contributed by atoms with van der Waals surface area (Å²) in [6.45, 7) is 12.5. The first kappa shape index (κ1) is 25.4. The average Bonchev–Trinajstić information content (AvgIpc) is 3.48. The molecule has 0 aliphatic heterocycles. The maximum atomic E-state index is 9.44. The summed E-state index contributed by atoms with van der Waals surface area (Å²) in [6, 6.07) is 1.98. The van der Waals surface area contributed by atoms with Crippen molar-refractivity contribution in [2.45, 2.75) is 33.9 Å². The molecule has 36 heavy (non-hydrogen) atoms. The summed E-state index contributed by atoms with van der Waals surface area (Å²) in [5, 5.41) is 26.7. The lowest BCUT2D eigenvalue weighted by Crippen LogP contribution is -2.26. The van der Waals surface area contributed by atoms with Gasteiger partial charge in [0.1, 0.15) is 18.0 Å². The van der Waals surface area contributed by atoms with E-state index < -0.39 is 0 Å². The van der Waals surface area contributed by atoms with Gasteiger partial charge in [-0.15, -0.1) is 5.10 Å². The zero-order valence-electron chi connectivity index (χ0n) is 21.6. The number of pyridine rings is 1. The molecule has 0 aliphatic rings. The van der Waals surface area contributed by atoms with E-state index >= 15 is 0 Å². The molecule has 0 amide bonds. The molecule has 4 aromatic heterocycles. The Bertz CT molecular complexity index is 1350. The number of aryl methyl sites for hydroxylation is 2. The second-order valence-corrected chi connectivity index (χ2v) is 8.66. The Morgan fingerprint density at radius 2 is 2.06 bits per heavy atom. The topological polar surface area (TPSA) is 119 Å². The minimum atomic E-state index is 0.0164. The quantitative estimate of drug-likeness (QED) is 0.309. The van der Waals surface area contributed by atoms with Crippen molar-refractivity contribution < 1.29 is 14.6 Å². The first-order valence-electron chi connectivity index (χ1n) is 12.0. The van der Waals surface area contributed by atoms with Crippen LogP contribution in [0, 0.1) is 13.8 Å². The molecule has 0 saturated carbocycles. The van der Waals surface area contributed by atoms with Crippen LogP contribution < -0.4 is 9.47 Å². The van der Waals surface area contributed by atoms with E-state index in [9.17, 15) is 5.11 Å². The lowest BCUT2D eigenvalue weighted by Gasteiger charge is -2.18. The SMILES string of the molecule is C=Cc1n[nH]c2cnc(-c3c(OCCN(C)Cc4c(C)c(OCC)nn4CCO)c(C)nn3C)cc12. The van der Waals surface area contributed by atoms with Gasteiger partial charge in [-0.2, -0.15) is 10.2 Å². The number of aliphatic hydroxyl groups is 1. The molecular formula is C25H34N8O3. The number of ether oxygens (including phenoxy) is 2. The van der Waals surface area contributed by atoms with Gasteiger partial charge in [0.25, 0.3) is 0 Å². The summed E-state index contributed by atoms with van der Waals surface area (Å²) < 4.78 is 15.5. The van der Waals surface area contributed by atoms with E-state index in [1.54, 1.807) is 17.0 Å². The van der Waals surface area contributed by atoms with E-state index in [4.69, 9.17) is 9.47 Å². The van der Waals surface area contributed by atoms with Crippen molar-refractivity contribution in [2.75, 3.05) is 33.4 Å². The smallest absolute Gasteiger partial charge is 0.236 e. The van der Waals surface area contributed by atoms with Crippen molar-refractivity contribution in [2.24, 2.45) is 7.05 Å². The molecule has 4 aromatic rings. The van der Waals surface area contributed by atoms with Gasteiger partial charge in [-0.3, -0.25) is 24.3 Å². The molecule has 4 heterocycles. The first-order chi connectivity index (χ1) is 17.4. The summed E-state index contributed by atoms with van der Waals surface area (Å²) >= 11 is 0. The van der Waals surface area contributed by atoms with Gasteiger partial charge in [0.15, 0.2) is 5.75 Å². The lowest BCUT2D eigenvalue weighted by molar-refractivity contribution is 0.223. The molecule has 11 nitrogen and oxygen atoms in total. The fourth-order valence-electron chi connectivity index (χ4n) is 4.27. The van der Waals surface area contributed by atoms with Crippen LogP contribution in [0.3, 0.4) is 0 Å². The normalized spacial score (nSPS) is 11.5. The highest BCUT2D eigenvalue weighted by Gasteiger charge is 2.20. The third-order valence-electron chi connectivity index (χ3n) is 6.09. The van der Waals surface area contributed by atoms with Crippen LogP contribution in [0.2, 0.25) is 0 Å². The highest BCUT2D eigenvalue weighted by atomic mass is 16.5. The number of nitrogens with one attached hydrogen (secondary N) is 1. The Morgan fingerprint density at radius 1 is 1.25 bits per heavy atom. The second kappa shape index (κ2) is 10.9. The molecule has 0 unspecified atom stereocenters. The average molecular weight is 495 g/mol. The number of hydrogen-bond acceptors (Lipinski definition) is 8. The molecule has 0 saturated heterocycles. The zero-order valence-corrected chi connectivity index (χ0v) is 21.6. The summed E-state index contributed by atoms with van der Waals surface area (Å²) in [6.07, 6.45) is 3.48. The van der Waals surface area contributed by atoms with Gasteiger partial charge in [-0.1, -0.05) is 6.58 Å². The third-order valence-corrected chi connectivity index (χ3v) is 6.09. The molecule has 0 radical (unpaired) electrons. The van der Waals surface area contributed by atoms with Crippen molar-refractivity contribution in [3.05, 3.63) is 41.5 Å². The molecule has 2 N–H and O–H groups in total. The van der Waals surface area contributed by atoms with Crippen molar-refractivity contribution >= 4 is 17.0 Å². The Balaban J connectivity index is 1.48. The van der Waals surface area contributed by atoms with Crippen LogP contribution in [-0.4, -0.2) is 78.2 Å². The number of H-pyrrole nitrogens is 1. The number of likely N-dealkylation sites (N-methyl/N-ethyl adjacent to an activating group) is 1. The van der Waals surface area contributed by atoms with Crippen LogP contribution in [-0.2, 0) is 20.1 Å². The Kier molecular flexibility index (Phi) is 7.70. The van der Waals surface area contributed by atoms with E-state index in [2.05, 4.69) is 36.9 Å². The molecule has 0 aliphatic carbocycles. The van der Waals surface area contributed by atoms with Gasteiger partial charge in [0.2, 0.25) is 5.88 Å². The number of nitrogens with zero attached hydrogens (tertiary/aromatic N) is 7. The van der Waals surface area contributed by atoms with E-state index in [1.807, 2.05) is 45.6 Å². The monoisotopic (exact) mass is 494 g/mol. The van der Waals surface area contributed by atoms with Gasteiger partial charge in [-0.25, -0.2) is 0 Å². The van der Waals surface area contributed by atoms with Crippen molar-refractivity contribution in [3.8, 4) is 23.0 Å². The molecule has 11 heteroatoms. The largest absolute Gasteiger partial charge is 0.488 e. The van der Waals surface area contributed by atoms with Gasteiger partial charge in [0, 0.05) is 31.1 Å². The summed E-state index contributed by atoms with van der Waals surface area (Å²) in [5.74, 6) is 1.32. The summed E-state index contributed by atoms with van der Waals surface area (Å²) in [7, 11) is 3.92. The fourth-order valence-corrected chi connectivity index (χ4v) is 4.27. The maximum absolute atomic E-state index is 9.44. The molecule has 192 valence electrons. The zero-order chi connectivity index (χ0) is 25.8. The summed E-state index contributed by atoms with van der Waals surface area (Å²) in [5.41, 5.74) is 6.00. The van der Waals surface area contributed by atoms with E-state index in [0.29, 0.717) is 44.5 Å². The van der Waals surface area contributed by atoms with Crippen molar-refractivity contribution in [1.82, 2.24) is 39.6 Å². The minimum Gasteiger partial charge on any atom is -0.488 e. The predicted molar refractivity (Wildman–Crippen MR) is 138 cm³/mol. The van der Waals surface area contributed by atoms with E-state index in [0.717, 1.165) is 44.9 Å². The molecule has 0 spiro atoms. The van der Waals surface area contributed by atoms with Gasteiger partial charge >= 0.3 is 0 Å². The number of aromatic nitrogens is 7.